The molecule has 1 saturated carbocycles. The smallest absolute Gasteiger partial charge is 0.237 e. The third kappa shape index (κ3) is 3.84. The molecular weight excluding hydrogens is 310 g/mol. The maximum absolute atomic E-state index is 12.9. The van der Waals surface area contributed by atoms with Gasteiger partial charge in [-0.25, -0.2) is 0 Å². The number of piperazine rings is 1. The van der Waals surface area contributed by atoms with Crippen LogP contribution in [0.5, 0.6) is 0 Å². The predicted octanol–water partition coefficient (Wildman–Crippen LogP) is 2.99. The average Bonchev–Trinajstić information content (AvgIpc) is 2.69. The number of hydrogen-bond donors (Lipinski definition) is 0. The van der Waals surface area contributed by atoms with Gasteiger partial charge < -0.3 is 9.80 Å². The highest BCUT2D eigenvalue weighted by Crippen LogP contribution is 2.35. The molecule has 2 atom stereocenters. The van der Waals surface area contributed by atoms with Crippen LogP contribution in [0.25, 0.3) is 0 Å². The van der Waals surface area contributed by atoms with Gasteiger partial charge in [0.05, 0.1) is 6.54 Å². The van der Waals surface area contributed by atoms with Crippen LogP contribution in [0.1, 0.15) is 38.5 Å². The number of nitrogens with zero attached hydrogens (tertiary/aromatic N) is 3. The van der Waals surface area contributed by atoms with E-state index in [0.29, 0.717) is 18.5 Å². The number of fused-ring (bicyclic) bond motifs is 1. The normalized spacial score (nSPS) is 27.8. The van der Waals surface area contributed by atoms with Gasteiger partial charge in [-0.05, 0) is 43.7 Å². The van der Waals surface area contributed by atoms with E-state index in [-0.39, 0.29) is 0 Å². The molecule has 0 aromatic heterocycles. The Kier molecular flexibility index (Phi) is 5.25. The van der Waals surface area contributed by atoms with E-state index in [4.69, 9.17) is 0 Å². The second kappa shape index (κ2) is 7.77. The second-order valence-electron chi connectivity index (χ2n) is 7.94. The number of carbonyl (C=O) groups excluding carboxylic acids is 1. The first-order valence-electron chi connectivity index (χ1n) is 10.1. The van der Waals surface area contributed by atoms with E-state index < -0.39 is 0 Å². The minimum absolute atomic E-state index is 0.379. The molecule has 2 heterocycles. The van der Waals surface area contributed by atoms with Gasteiger partial charge in [-0.15, -0.1) is 0 Å². The van der Waals surface area contributed by atoms with Crippen molar-refractivity contribution in [2.45, 2.75) is 44.6 Å². The number of amides is 1. The van der Waals surface area contributed by atoms with Crippen LogP contribution >= 0.6 is 0 Å². The Morgan fingerprint density at radius 2 is 1.60 bits per heavy atom. The Bertz CT molecular complexity index is 566. The summed E-state index contributed by atoms with van der Waals surface area (Å²) in [7, 11) is 0. The molecule has 1 aliphatic carbocycles. The SMILES string of the molecule is O=C(CN1CCN(c2ccccc2)CC1)N1CCCC2CCCCC21. The van der Waals surface area contributed by atoms with E-state index in [0.717, 1.165) is 38.6 Å². The van der Waals surface area contributed by atoms with Gasteiger partial charge in [-0.1, -0.05) is 31.0 Å². The van der Waals surface area contributed by atoms with E-state index in [2.05, 4.69) is 45.0 Å². The van der Waals surface area contributed by atoms with Crippen molar-refractivity contribution in [3.63, 3.8) is 0 Å². The van der Waals surface area contributed by atoms with Crippen molar-refractivity contribution in [2.24, 2.45) is 5.92 Å². The lowest BCUT2D eigenvalue weighted by Gasteiger charge is -2.45. The van der Waals surface area contributed by atoms with Gasteiger partial charge in [0.2, 0.25) is 5.91 Å². The standard InChI is InChI=1S/C21H31N3O/c25-21(24-12-6-8-18-7-4-5-11-20(18)24)17-22-13-15-23(16-14-22)19-9-2-1-3-10-19/h1-3,9-10,18,20H,4-8,11-17H2. The van der Waals surface area contributed by atoms with Crippen LogP contribution in [0.4, 0.5) is 5.69 Å². The van der Waals surface area contributed by atoms with Crippen LogP contribution in [0.3, 0.4) is 0 Å². The topological polar surface area (TPSA) is 26.8 Å². The van der Waals surface area contributed by atoms with Crippen molar-refractivity contribution in [1.82, 2.24) is 9.80 Å². The van der Waals surface area contributed by atoms with Crippen LogP contribution in [-0.4, -0.2) is 61.0 Å². The molecule has 2 saturated heterocycles. The fourth-order valence-corrected chi connectivity index (χ4v) is 5.02. The third-order valence-electron chi connectivity index (χ3n) is 6.42. The molecule has 2 aliphatic heterocycles. The number of benzene rings is 1. The minimum atomic E-state index is 0.379. The Morgan fingerprint density at radius 3 is 2.40 bits per heavy atom. The molecule has 1 amide bonds. The van der Waals surface area contributed by atoms with Crippen molar-refractivity contribution in [3.8, 4) is 0 Å². The summed E-state index contributed by atoms with van der Waals surface area (Å²) in [4.78, 5) is 20.0. The molecule has 4 heteroatoms. The number of rotatable bonds is 3. The lowest BCUT2D eigenvalue weighted by atomic mass is 9.78. The summed E-state index contributed by atoms with van der Waals surface area (Å²) in [6, 6.07) is 11.2. The highest BCUT2D eigenvalue weighted by atomic mass is 16.2. The number of carbonyl (C=O) groups is 1. The first-order chi connectivity index (χ1) is 12.3. The van der Waals surface area contributed by atoms with E-state index >= 15 is 0 Å². The molecule has 0 bridgehead atoms. The number of likely N-dealkylation sites (tertiary alicyclic amines) is 1. The van der Waals surface area contributed by atoms with Crippen LogP contribution in [0.15, 0.2) is 30.3 Å². The molecule has 2 unspecified atom stereocenters. The zero-order valence-corrected chi connectivity index (χ0v) is 15.3. The van der Waals surface area contributed by atoms with Gasteiger partial charge in [0, 0.05) is 44.5 Å². The molecule has 0 radical (unpaired) electrons. The lowest BCUT2D eigenvalue weighted by molar-refractivity contribution is -0.138. The zero-order valence-electron chi connectivity index (χ0n) is 15.3. The van der Waals surface area contributed by atoms with E-state index in [1.54, 1.807) is 0 Å². The van der Waals surface area contributed by atoms with Crippen molar-refractivity contribution < 1.29 is 4.79 Å². The summed E-state index contributed by atoms with van der Waals surface area (Å²) in [6.07, 6.45) is 7.78. The average molecular weight is 341 g/mol. The van der Waals surface area contributed by atoms with Crippen molar-refractivity contribution >= 4 is 11.6 Å². The summed E-state index contributed by atoms with van der Waals surface area (Å²) < 4.78 is 0. The molecule has 4 nitrogen and oxygen atoms in total. The quantitative estimate of drug-likeness (QED) is 0.846. The number of para-hydroxylation sites is 1. The molecule has 0 N–H and O–H groups in total. The maximum atomic E-state index is 12.9. The zero-order chi connectivity index (χ0) is 17.1. The molecule has 4 rings (SSSR count). The number of anilines is 1. The van der Waals surface area contributed by atoms with Gasteiger partial charge in [-0.3, -0.25) is 9.69 Å². The first-order valence-corrected chi connectivity index (χ1v) is 10.1. The summed E-state index contributed by atoms with van der Waals surface area (Å²) in [5.41, 5.74) is 1.30. The van der Waals surface area contributed by atoms with Gasteiger partial charge in [0.15, 0.2) is 0 Å². The lowest BCUT2D eigenvalue weighted by Crippen LogP contribution is -2.54. The molecule has 0 spiro atoms. The molecule has 136 valence electrons. The summed E-state index contributed by atoms with van der Waals surface area (Å²) in [5.74, 6) is 1.16. The van der Waals surface area contributed by atoms with Crippen LogP contribution in [-0.2, 0) is 4.79 Å². The summed E-state index contributed by atoms with van der Waals surface area (Å²) in [5, 5.41) is 0. The first kappa shape index (κ1) is 16.9. The second-order valence-corrected chi connectivity index (χ2v) is 7.94. The molecule has 1 aromatic carbocycles. The van der Waals surface area contributed by atoms with Gasteiger partial charge >= 0.3 is 0 Å². The number of hydrogen-bond acceptors (Lipinski definition) is 3. The monoisotopic (exact) mass is 341 g/mol. The van der Waals surface area contributed by atoms with Crippen molar-refractivity contribution in [1.29, 1.82) is 0 Å². The van der Waals surface area contributed by atoms with Gasteiger partial charge in [-0.2, -0.15) is 0 Å². The fraction of sp³-hybridized carbons (Fsp3) is 0.667. The Hall–Kier alpha value is -1.55. The van der Waals surface area contributed by atoms with E-state index in [9.17, 15) is 4.79 Å². The third-order valence-corrected chi connectivity index (χ3v) is 6.42. The number of piperidine rings is 1. The minimum Gasteiger partial charge on any atom is -0.369 e. The van der Waals surface area contributed by atoms with E-state index in [1.807, 2.05) is 0 Å². The molecule has 3 aliphatic rings. The summed E-state index contributed by atoms with van der Waals surface area (Å²) in [6.45, 7) is 5.62. The van der Waals surface area contributed by atoms with Gasteiger partial charge in [0.1, 0.15) is 0 Å². The Balaban J connectivity index is 1.30. The summed E-state index contributed by atoms with van der Waals surface area (Å²) >= 11 is 0. The largest absolute Gasteiger partial charge is 0.369 e. The highest BCUT2D eigenvalue weighted by Gasteiger charge is 2.36. The van der Waals surface area contributed by atoms with Gasteiger partial charge in [0.25, 0.3) is 0 Å². The molecule has 25 heavy (non-hydrogen) atoms. The Morgan fingerprint density at radius 1 is 0.880 bits per heavy atom. The van der Waals surface area contributed by atoms with Crippen LogP contribution < -0.4 is 4.90 Å². The van der Waals surface area contributed by atoms with Crippen molar-refractivity contribution in [3.05, 3.63) is 30.3 Å². The van der Waals surface area contributed by atoms with Crippen molar-refractivity contribution in [2.75, 3.05) is 44.2 Å². The van der Waals surface area contributed by atoms with Crippen LogP contribution in [0.2, 0.25) is 0 Å². The Labute approximate surface area is 151 Å². The molecular formula is C21H31N3O. The highest BCUT2D eigenvalue weighted by molar-refractivity contribution is 5.78. The molecule has 3 fully saturated rings. The maximum Gasteiger partial charge on any atom is 0.237 e. The van der Waals surface area contributed by atoms with Crippen LogP contribution in [0, 0.1) is 5.92 Å². The fourth-order valence-electron chi connectivity index (χ4n) is 5.02. The predicted molar refractivity (Wildman–Crippen MR) is 102 cm³/mol. The van der Waals surface area contributed by atoms with E-state index in [1.165, 1.54) is 44.2 Å². The molecule has 1 aromatic rings.